The Hall–Kier alpha value is -2.15. The van der Waals surface area contributed by atoms with Crippen molar-refractivity contribution < 1.29 is 24.2 Å². The number of thiophene rings is 1. The molecule has 0 saturated heterocycles. The van der Waals surface area contributed by atoms with E-state index in [1.54, 1.807) is 6.92 Å². The van der Waals surface area contributed by atoms with Gasteiger partial charge in [-0.15, -0.1) is 11.3 Å². The van der Waals surface area contributed by atoms with E-state index in [2.05, 4.69) is 5.32 Å². The minimum absolute atomic E-state index is 0.0709. The van der Waals surface area contributed by atoms with Gasteiger partial charge in [0.25, 0.3) is 0 Å². The molecule has 3 aliphatic carbocycles. The molecule has 33 heavy (non-hydrogen) atoms. The van der Waals surface area contributed by atoms with Gasteiger partial charge in [0.2, 0.25) is 5.91 Å². The van der Waals surface area contributed by atoms with Crippen molar-refractivity contribution in [3.8, 4) is 0 Å². The molecule has 180 valence electrons. The lowest BCUT2D eigenvalue weighted by atomic mass is 9.78. The number of aryl methyl sites for hydroxylation is 1. The van der Waals surface area contributed by atoms with E-state index < -0.39 is 23.8 Å². The molecule has 0 radical (unpaired) electrons. The molecular formula is C26H34NO5S-. The van der Waals surface area contributed by atoms with Gasteiger partial charge in [-0.05, 0) is 76.7 Å². The summed E-state index contributed by atoms with van der Waals surface area (Å²) < 4.78 is 5.37. The van der Waals surface area contributed by atoms with Gasteiger partial charge in [0.05, 0.1) is 18.1 Å². The minimum Gasteiger partial charge on any atom is -0.550 e. The van der Waals surface area contributed by atoms with Gasteiger partial charge in [-0.3, -0.25) is 4.79 Å². The Morgan fingerprint density at radius 3 is 2.27 bits per heavy atom. The van der Waals surface area contributed by atoms with Gasteiger partial charge in [0.1, 0.15) is 5.00 Å². The number of hydrogen-bond donors (Lipinski definition) is 1. The lowest BCUT2D eigenvalue weighted by Gasteiger charge is -2.30. The van der Waals surface area contributed by atoms with Crippen LogP contribution >= 0.6 is 11.3 Å². The van der Waals surface area contributed by atoms with E-state index in [9.17, 15) is 19.5 Å². The number of amides is 1. The average Bonchev–Trinajstić information content (AvgIpc) is 3.43. The van der Waals surface area contributed by atoms with Crippen molar-refractivity contribution in [2.75, 3.05) is 11.9 Å². The third-order valence-electron chi connectivity index (χ3n) is 7.63. The number of ether oxygens (including phenoxy) is 1. The Morgan fingerprint density at radius 1 is 1.00 bits per heavy atom. The molecule has 1 heterocycles. The van der Waals surface area contributed by atoms with Crippen LogP contribution in [-0.2, 0) is 27.2 Å². The Balaban J connectivity index is 1.68. The van der Waals surface area contributed by atoms with Gasteiger partial charge < -0.3 is 20.0 Å². The number of rotatable bonds is 5. The Morgan fingerprint density at radius 2 is 1.64 bits per heavy atom. The van der Waals surface area contributed by atoms with Crippen LogP contribution in [0.2, 0.25) is 0 Å². The summed E-state index contributed by atoms with van der Waals surface area (Å²) in [4.78, 5) is 39.7. The summed E-state index contributed by atoms with van der Waals surface area (Å²) in [5.74, 6) is -3.55. The normalized spacial score (nSPS) is 26.7. The van der Waals surface area contributed by atoms with E-state index in [0.717, 1.165) is 73.0 Å². The number of carbonyl (C=O) groups excluding carboxylic acids is 3. The van der Waals surface area contributed by atoms with E-state index in [4.69, 9.17) is 4.74 Å². The third kappa shape index (κ3) is 4.48. The summed E-state index contributed by atoms with van der Waals surface area (Å²) in [6, 6.07) is 0. The number of allylic oxidation sites excluding steroid dienone is 2. The topological polar surface area (TPSA) is 95.5 Å². The van der Waals surface area contributed by atoms with Crippen molar-refractivity contribution in [3.63, 3.8) is 0 Å². The summed E-state index contributed by atoms with van der Waals surface area (Å²) in [6.45, 7) is 6.03. The first kappa shape index (κ1) is 24.0. The largest absolute Gasteiger partial charge is 0.550 e. The molecule has 4 unspecified atom stereocenters. The fourth-order valence-electron chi connectivity index (χ4n) is 6.39. The number of carbonyl (C=O) groups is 3. The summed E-state index contributed by atoms with van der Waals surface area (Å²) >= 11 is 1.46. The highest BCUT2D eigenvalue weighted by molar-refractivity contribution is 7.17. The molecule has 0 aliphatic heterocycles. The van der Waals surface area contributed by atoms with E-state index in [-0.39, 0.29) is 24.3 Å². The van der Waals surface area contributed by atoms with Crippen molar-refractivity contribution >= 4 is 34.2 Å². The highest BCUT2D eigenvalue weighted by atomic mass is 32.1. The van der Waals surface area contributed by atoms with Crippen molar-refractivity contribution in [2.24, 2.45) is 23.7 Å². The van der Waals surface area contributed by atoms with Crippen LogP contribution in [0.4, 0.5) is 5.00 Å². The zero-order valence-corrected chi connectivity index (χ0v) is 20.6. The maximum absolute atomic E-state index is 13.6. The SMILES string of the molecule is CCOC(=O)c1c(NC(=O)C2C3CCC(C3=C(C)C)C2C(=O)[O-])sc2c1CCCCCCC2. The maximum atomic E-state index is 13.6. The molecule has 1 aromatic heterocycles. The lowest BCUT2D eigenvalue weighted by Crippen LogP contribution is -2.44. The number of hydrogen-bond acceptors (Lipinski definition) is 6. The first-order chi connectivity index (χ1) is 15.8. The van der Waals surface area contributed by atoms with E-state index in [1.165, 1.54) is 17.8 Å². The monoisotopic (exact) mass is 472 g/mol. The minimum atomic E-state index is -1.15. The van der Waals surface area contributed by atoms with Gasteiger partial charge in [0.15, 0.2) is 0 Å². The van der Waals surface area contributed by atoms with Crippen molar-refractivity contribution in [2.45, 2.75) is 78.6 Å². The van der Waals surface area contributed by atoms with Crippen LogP contribution in [0.15, 0.2) is 11.1 Å². The van der Waals surface area contributed by atoms with Crippen molar-refractivity contribution in [1.29, 1.82) is 0 Å². The van der Waals surface area contributed by atoms with E-state index in [1.807, 2.05) is 13.8 Å². The first-order valence-electron chi connectivity index (χ1n) is 12.4. The molecule has 2 fully saturated rings. The van der Waals surface area contributed by atoms with Crippen molar-refractivity contribution in [3.05, 3.63) is 27.2 Å². The second-order valence-electron chi connectivity index (χ2n) is 9.80. The highest BCUT2D eigenvalue weighted by Crippen LogP contribution is 2.57. The number of fused-ring (bicyclic) bond motifs is 3. The molecule has 0 spiro atoms. The molecule has 0 aromatic carbocycles. The van der Waals surface area contributed by atoms with Crippen LogP contribution < -0.4 is 10.4 Å². The second-order valence-corrected chi connectivity index (χ2v) is 10.9. The highest BCUT2D eigenvalue weighted by Gasteiger charge is 2.55. The molecule has 7 heteroatoms. The van der Waals surface area contributed by atoms with Gasteiger partial charge in [-0.25, -0.2) is 4.79 Å². The van der Waals surface area contributed by atoms with Gasteiger partial charge in [0, 0.05) is 16.8 Å². The van der Waals surface area contributed by atoms with Crippen LogP contribution in [0, 0.1) is 23.7 Å². The van der Waals surface area contributed by atoms with Crippen LogP contribution in [0.3, 0.4) is 0 Å². The predicted molar refractivity (Wildman–Crippen MR) is 126 cm³/mol. The summed E-state index contributed by atoms with van der Waals surface area (Å²) in [6.07, 6.45) is 8.86. The summed E-state index contributed by atoms with van der Waals surface area (Å²) in [7, 11) is 0. The Bertz CT molecular complexity index is 974. The Labute approximate surface area is 199 Å². The molecule has 6 nitrogen and oxygen atoms in total. The molecular weight excluding hydrogens is 438 g/mol. The van der Waals surface area contributed by atoms with E-state index in [0.29, 0.717) is 10.6 Å². The predicted octanol–water partition coefficient (Wildman–Crippen LogP) is 4.27. The van der Waals surface area contributed by atoms with Crippen molar-refractivity contribution in [1.82, 2.24) is 0 Å². The fourth-order valence-corrected chi connectivity index (χ4v) is 7.67. The molecule has 2 bridgehead atoms. The van der Waals surface area contributed by atoms with Crippen LogP contribution in [0.5, 0.6) is 0 Å². The molecule has 2 saturated carbocycles. The van der Waals surface area contributed by atoms with Crippen LogP contribution in [0.1, 0.15) is 86.5 Å². The maximum Gasteiger partial charge on any atom is 0.341 e. The number of aliphatic carboxylic acids is 1. The first-order valence-corrected chi connectivity index (χ1v) is 13.2. The molecule has 3 aliphatic rings. The third-order valence-corrected chi connectivity index (χ3v) is 8.84. The number of anilines is 1. The fraction of sp³-hybridized carbons (Fsp3) is 0.654. The van der Waals surface area contributed by atoms with Gasteiger partial charge >= 0.3 is 5.97 Å². The number of carboxylic acid groups (broad SMARTS) is 1. The molecule has 4 rings (SSSR count). The number of nitrogens with one attached hydrogen (secondary N) is 1. The van der Waals surface area contributed by atoms with Gasteiger partial charge in [-0.2, -0.15) is 0 Å². The standard InChI is InChI=1S/C26H35NO5S/c1-4-32-26(31)22-15-10-8-6-5-7-9-11-18(15)33-24(22)27-23(28)20-16-12-13-17(19(16)14(2)3)21(20)25(29)30/h16-17,20-21H,4-13H2,1-3H3,(H,27,28)(H,29,30)/p-1. The average molecular weight is 473 g/mol. The Kier molecular flexibility index (Phi) is 7.27. The second kappa shape index (κ2) is 10.00. The quantitative estimate of drug-likeness (QED) is 0.510. The molecule has 4 atom stereocenters. The molecule has 1 amide bonds. The smallest absolute Gasteiger partial charge is 0.341 e. The van der Waals surface area contributed by atoms with Gasteiger partial charge in [-0.1, -0.05) is 30.4 Å². The number of carboxylic acids is 1. The van der Waals surface area contributed by atoms with Crippen LogP contribution in [-0.4, -0.2) is 24.5 Å². The lowest BCUT2D eigenvalue weighted by molar-refractivity contribution is -0.314. The molecule has 1 aromatic rings. The zero-order valence-electron chi connectivity index (χ0n) is 19.8. The summed E-state index contributed by atoms with van der Waals surface area (Å²) in [5.41, 5.74) is 3.70. The zero-order chi connectivity index (χ0) is 23.7. The number of esters is 1. The van der Waals surface area contributed by atoms with Crippen LogP contribution in [0.25, 0.3) is 0 Å². The molecule has 1 N–H and O–H groups in total. The van der Waals surface area contributed by atoms with E-state index >= 15 is 0 Å². The summed E-state index contributed by atoms with van der Waals surface area (Å²) in [5, 5.41) is 15.6.